The van der Waals surface area contributed by atoms with Crippen LogP contribution in [-0.4, -0.2) is 58.8 Å². The Morgan fingerprint density at radius 3 is 2.97 bits per heavy atom. The maximum absolute atomic E-state index is 12.3. The maximum atomic E-state index is 12.3. The van der Waals surface area contributed by atoms with Crippen molar-refractivity contribution in [2.24, 2.45) is 0 Å². The van der Waals surface area contributed by atoms with Crippen LogP contribution < -0.4 is 14.4 Å². The van der Waals surface area contributed by atoms with Crippen molar-refractivity contribution in [1.82, 2.24) is 19.9 Å². The fourth-order valence-corrected chi connectivity index (χ4v) is 4.38. The maximum Gasteiger partial charge on any atom is 0.341 e. The Hall–Kier alpha value is -3.88. The Balaban J connectivity index is 1.41. The molecule has 0 amide bonds. The lowest BCUT2D eigenvalue weighted by molar-refractivity contribution is 0.0523. The van der Waals surface area contributed by atoms with E-state index in [1.54, 1.807) is 32.8 Å². The third kappa shape index (κ3) is 3.90. The lowest BCUT2D eigenvalue weighted by Crippen LogP contribution is -2.35. The molecule has 2 aromatic heterocycles. The van der Waals surface area contributed by atoms with E-state index in [1.165, 1.54) is 0 Å². The lowest BCUT2D eigenvalue weighted by Gasteiger charge is -2.26. The Morgan fingerprint density at radius 1 is 1.21 bits per heavy atom. The van der Waals surface area contributed by atoms with Crippen LogP contribution in [0.3, 0.4) is 0 Å². The van der Waals surface area contributed by atoms with E-state index >= 15 is 0 Å². The molecule has 0 radical (unpaired) electrons. The number of benzene rings is 2. The van der Waals surface area contributed by atoms with Crippen LogP contribution in [-0.2, 0) is 4.74 Å². The molecule has 3 heterocycles. The molecule has 33 heavy (non-hydrogen) atoms. The standard InChI is InChI=1S/C24H25N5O4/c1-3-32-24(30)18-10-15-6-4-8-19(17(15)11-20(18)31-2)33-12-16-7-5-9-29(16)23-21-22(26-13-25-21)27-14-28-23/h4,6,8,10-11,13-14,16H,3,5,7,9,12H2,1-2H3,(H,25,26,27,28)/t16-/m1/s1. The second kappa shape index (κ2) is 8.93. The van der Waals surface area contributed by atoms with E-state index in [9.17, 15) is 4.79 Å². The van der Waals surface area contributed by atoms with E-state index in [0.717, 1.165) is 47.2 Å². The average Bonchev–Trinajstić information content (AvgIpc) is 3.51. The van der Waals surface area contributed by atoms with Crippen molar-refractivity contribution in [2.45, 2.75) is 25.8 Å². The van der Waals surface area contributed by atoms with E-state index in [-0.39, 0.29) is 6.04 Å². The van der Waals surface area contributed by atoms with E-state index < -0.39 is 5.97 Å². The number of esters is 1. The summed E-state index contributed by atoms with van der Waals surface area (Å²) in [5, 5.41) is 1.76. The van der Waals surface area contributed by atoms with E-state index in [1.807, 2.05) is 24.3 Å². The lowest BCUT2D eigenvalue weighted by atomic mass is 10.0. The molecule has 1 aliphatic rings. The van der Waals surface area contributed by atoms with E-state index in [2.05, 4.69) is 24.8 Å². The minimum atomic E-state index is -0.404. The highest BCUT2D eigenvalue weighted by molar-refractivity contribution is 6.00. The van der Waals surface area contributed by atoms with Crippen molar-refractivity contribution < 1.29 is 19.0 Å². The van der Waals surface area contributed by atoms with Crippen molar-refractivity contribution in [2.75, 3.05) is 31.8 Å². The molecule has 1 saturated heterocycles. The topological polar surface area (TPSA) is 102 Å². The predicted octanol–water partition coefficient (Wildman–Crippen LogP) is 3.74. The molecule has 1 atom stereocenters. The highest BCUT2D eigenvalue weighted by atomic mass is 16.5. The van der Waals surface area contributed by atoms with Crippen LogP contribution in [0.15, 0.2) is 43.0 Å². The van der Waals surface area contributed by atoms with E-state index in [0.29, 0.717) is 30.2 Å². The zero-order valence-corrected chi connectivity index (χ0v) is 18.6. The number of hydrogen-bond donors (Lipinski definition) is 1. The summed E-state index contributed by atoms with van der Waals surface area (Å²) < 4.78 is 17.0. The Kier molecular flexibility index (Phi) is 5.68. The summed E-state index contributed by atoms with van der Waals surface area (Å²) in [6.45, 7) is 3.48. The van der Waals surface area contributed by atoms with Gasteiger partial charge in [0.25, 0.3) is 0 Å². The van der Waals surface area contributed by atoms with Crippen molar-refractivity contribution in [3.8, 4) is 11.5 Å². The van der Waals surface area contributed by atoms with Crippen molar-refractivity contribution >= 4 is 33.7 Å². The van der Waals surface area contributed by atoms with Gasteiger partial charge in [0, 0.05) is 11.9 Å². The normalized spacial score (nSPS) is 15.8. The summed E-state index contributed by atoms with van der Waals surface area (Å²) in [4.78, 5) is 30.7. The van der Waals surface area contributed by atoms with Gasteiger partial charge >= 0.3 is 5.97 Å². The van der Waals surface area contributed by atoms with Gasteiger partial charge in [-0.25, -0.2) is 19.7 Å². The number of anilines is 1. The smallest absolute Gasteiger partial charge is 0.341 e. The minimum Gasteiger partial charge on any atom is -0.496 e. The molecule has 1 fully saturated rings. The number of nitrogens with zero attached hydrogens (tertiary/aromatic N) is 4. The summed E-state index contributed by atoms with van der Waals surface area (Å²) in [7, 11) is 1.54. The molecular formula is C24H25N5O4. The first-order chi connectivity index (χ1) is 16.2. The molecule has 4 aromatic rings. The highest BCUT2D eigenvalue weighted by Gasteiger charge is 2.28. The fourth-order valence-electron chi connectivity index (χ4n) is 4.38. The highest BCUT2D eigenvalue weighted by Crippen LogP contribution is 2.34. The predicted molar refractivity (Wildman–Crippen MR) is 124 cm³/mol. The summed E-state index contributed by atoms with van der Waals surface area (Å²) >= 11 is 0. The number of aromatic amines is 1. The first kappa shape index (κ1) is 21.0. The SMILES string of the molecule is CCOC(=O)c1cc2cccc(OC[C@H]3CCCN3c3ncnc4nc[nH]c34)c2cc1OC. The molecule has 9 heteroatoms. The van der Waals surface area contributed by atoms with Gasteiger partial charge in [-0.3, -0.25) is 0 Å². The number of nitrogens with one attached hydrogen (secondary N) is 1. The number of H-pyrrole nitrogens is 1. The molecule has 0 spiro atoms. The van der Waals surface area contributed by atoms with Crippen molar-refractivity contribution in [1.29, 1.82) is 0 Å². The van der Waals surface area contributed by atoms with Gasteiger partial charge in [0.2, 0.25) is 0 Å². The van der Waals surface area contributed by atoms with Crippen LogP contribution in [0.5, 0.6) is 11.5 Å². The largest absolute Gasteiger partial charge is 0.496 e. The van der Waals surface area contributed by atoms with Gasteiger partial charge < -0.3 is 24.1 Å². The van der Waals surface area contributed by atoms with Gasteiger partial charge in [-0.2, -0.15) is 0 Å². The van der Waals surface area contributed by atoms with Gasteiger partial charge in [0.15, 0.2) is 11.5 Å². The second-order valence-electron chi connectivity index (χ2n) is 7.85. The Bertz CT molecular complexity index is 1300. The number of methoxy groups -OCH3 is 1. The zero-order chi connectivity index (χ0) is 22.8. The van der Waals surface area contributed by atoms with Gasteiger partial charge in [-0.1, -0.05) is 12.1 Å². The number of aromatic nitrogens is 4. The molecule has 170 valence electrons. The molecule has 0 bridgehead atoms. The first-order valence-corrected chi connectivity index (χ1v) is 11.0. The zero-order valence-electron chi connectivity index (χ0n) is 18.6. The van der Waals surface area contributed by atoms with E-state index in [4.69, 9.17) is 14.2 Å². The van der Waals surface area contributed by atoms with Crippen LogP contribution in [0.1, 0.15) is 30.1 Å². The number of rotatable bonds is 7. The Labute approximate surface area is 190 Å². The quantitative estimate of drug-likeness (QED) is 0.428. The third-order valence-electron chi connectivity index (χ3n) is 5.94. The number of carbonyl (C=O) groups is 1. The van der Waals surface area contributed by atoms with Crippen molar-refractivity contribution in [3.63, 3.8) is 0 Å². The Morgan fingerprint density at radius 2 is 2.12 bits per heavy atom. The monoisotopic (exact) mass is 447 g/mol. The number of fused-ring (bicyclic) bond motifs is 2. The fraction of sp³-hybridized carbons (Fsp3) is 0.333. The molecule has 0 saturated carbocycles. The summed E-state index contributed by atoms with van der Waals surface area (Å²) in [5.74, 6) is 1.64. The molecule has 0 aliphatic carbocycles. The molecule has 2 aromatic carbocycles. The van der Waals surface area contributed by atoms with Gasteiger partial charge in [0.1, 0.15) is 35.5 Å². The second-order valence-corrected chi connectivity index (χ2v) is 7.85. The number of carbonyl (C=O) groups excluding carboxylic acids is 1. The summed E-state index contributed by atoms with van der Waals surface area (Å²) in [5.41, 5.74) is 1.90. The molecule has 9 nitrogen and oxygen atoms in total. The number of ether oxygens (including phenoxy) is 3. The average molecular weight is 447 g/mol. The van der Waals surface area contributed by atoms with Gasteiger partial charge in [-0.05, 0) is 43.4 Å². The van der Waals surface area contributed by atoms with Crippen LogP contribution in [0.2, 0.25) is 0 Å². The van der Waals surface area contributed by atoms with Crippen molar-refractivity contribution in [3.05, 3.63) is 48.5 Å². The molecule has 1 N–H and O–H groups in total. The van der Waals surface area contributed by atoms with Gasteiger partial charge in [0.05, 0.1) is 26.1 Å². The summed E-state index contributed by atoms with van der Waals surface area (Å²) in [6, 6.07) is 9.59. The minimum absolute atomic E-state index is 0.169. The van der Waals surface area contributed by atoms with Crippen LogP contribution in [0.4, 0.5) is 5.82 Å². The van der Waals surface area contributed by atoms with Crippen LogP contribution >= 0.6 is 0 Å². The van der Waals surface area contributed by atoms with Crippen LogP contribution in [0, 0.1) is 0 Å². The molecular weight excluding hydrogens is 422 g/mol. The number of hydrogen-bond acceptors (Lipinski definition) is 8. The third-order valence-corrected chi connectivity index (χ3v) is 5.94. The molecule has 5 rings (SSSR count). The number of imidazole rings is 1. The first-order valence-electron chi connectivity index (χ1n) is 11.0. The van der Waals surface area contributed by atoms with Gasteiger partial charge in [-0.15, -0.1) is 0 Å². The molecule has 1 aliphatic heterocycles. The molecule has 0 unspecified atom stereocenters. The summed E-state index contributed by atoms with van der Waals surface area (Å²) in [6.07, 6.45) is 5.24. The van der Waals surface area contributed by atoms with Crippen LogP contribution in [0.25, 0.3) is 21.9 Å².